The van der Waals surface area contributed by atoms with E-state index in [1.165, 1.54) is 10.5 Å². The number of amides is 2. The van der Waals surface area contributed by atoms with Crippen LogP contribution in [0.25, 0.3) is 6.08 Å². The monoisotopic (exact) mass is 619 g/mol. The molecule has 0 spiro atoms. The summed E-state index contributed by atoms with van der Waals surface area (Å²) in [5, 5.41) is 0.808. The lowest BCUT2D eigenvalue weighted by Gasteiger charge is -2.15. The minimum Gasteiger partial charge on any atom is -0.490 e. The molecular weight excluding hydrogens is 597 g/mol. The van der Waals surface area contributed by atoms with Crippen LogP contribution in [0.3, 0.4) is 0 Å². The number of hydrogen-bond acceptors (Lipinski definition) is 5. The van der Waals surface area contributed by atoms with Gasteiger partial charge in [0.1, 0.15) is 6.61 Å². The van der Waals surface area contributed by atoms with E-state index in [9.17, 15) is 9.59 Å². The fraction of sp³-hybridized carbons (Fsp3) is 0.214. The molecule has 0 radical (unpaired) electrons. The van der Waals surface area contributed by atoms with Crippen LogP contribution in [0.15, 0.2) is 70.0 Å². The second kappa shape index (κ2) is 12.9. The lowest BCUT2D eigenvalue weighted by atomic mass is 10.1. The Morgan fingerprint density at radius 1 is 1.00 bits per heavy atom. The minimum absolute atomic E-state index is 0.226. The van der Waals surface area contributed by atoms with Gasteiger partial charge in [0.05, 0.1) is 11.5 Å². The molecule has 1 aliphatic heterocycles. The van der Waals surface area contributed by atoms with Crippen molar-refractivity contribution in [1.29, 1.82) is 0 Å². The fourth-order valence-electron chi connectivity index (χ4n) is 3.76. The van der Waals surface area contributed by atoms with E-state index < -0.39 is 0 Å². The topological polar surface area (TPSA) is 55.8 Å². The molecule has 0 bridgehead atoms. The number of carbonyl (C=O) groups is 2. The standard InChI is InChI=1S/C28H24BrCl2NO4S/c1-2-35-24-13-20(22(29)16-25(24)36-17-19-10-11-21(30)15-23(19)31)14-26-27(33)32(28(34)37-26)12-6-9-18-7-4-3-5-8-18/h3-5,7-8,10-11,13-16H,2,6,9,12,17H2,1H3/b26-14+. The summed E-state index contributed by atoms with van der Waals surface area (Å²) in [5.74, 6) is 0.751. The Balaban J connectivity index is 1.48. The van der Waals surface area contributed by atoms with Gasteiger partial charge in [0, 0.05) is 26.6 Å². The van der Waals surface area contributed by atoms with E-state index in [1.807, 2.05) is 43.3 Å². The zero-order chi connectivity index (χ0) is 26.4. The van der Waals surface area contributed by atoms with E-state index >= 15 is 0 Å². The Hall–Kier alpha value is -2.45. The molecule has 0 saturated carbocycles. The summed E-state index contributed by atoms with van der Waals surface area (Å²) >= 11 is 16.8. The first-order chi connectivity index (χ1) is 17.9. The van der Waals surface area contributed by atoms with Crippen molar-refractivity contribution in [3.8, 4) is 11.5 Å². The Labute approximate surface area is 238 Å². The third kappa shape index (κ3) is 7.11. The molecule has 37 heavy (non-hydrogen) atoms. The first-order valence-corrected chi connectivity index (χ1v) is 14.0. The maximum atomic E-state index is 13.0. The van der Waals surface area contributed by atoms with Crippen LogP contribution in [0.4, 0.5) is 4.79 Å². The van der Waals surface area contributed by atoms with Crippen LogP contribution in [-0.4, -0.2) is 29.2 Å². The third-order valence-electron chi connectivity index (χ3n) is 5.61. The lowest BCUT2D eigenvalue weighted by Crippen LogP contribution is -2.29. The number of benzene rings is 3. The van der Waals surface area contributed by atoms with Crippen LogP contribution in [0, 0.1) is 0 Å². The molecule has 1 saturated heterocycles. The van der Waals surface area contributed by atoms with Crippen molar-refractivity contribution in [3.05, 3.63) is 96.8 Å². The van der Waals surface area contributed by atoms with Crippen LogP contribution >= 0.6 is 50.9 Å². The van der Waals surface area contributed by atoms with Gasteiger partial charge in [-0.25, -0.2) is 0 Å². The number of halogens is 3. The van der Waals surface area contributed by atoms with Crippen molar-refractivity contribution in [1.82, 2.24) is 4.90 Å². The molecule has 3 aromatic rings. The van der Waals surface area contributed by atoms with Crippen LogP contribution in [0.2, 0.25) is 10.0 Å². The van der Waals surface area contributed by atoms with Gasteiger partial charge in [0.2, 0.25) is 0 Å². The minimum atomic E-state index is -0.286. The Kier molecular flexibility index (Phi) is 9.60. The number of hydrogen-bond donors (Lipinski definition) is 0. The van der Waals surface area contributed by atoms with Gasteiger partial charge >= 0.3 is 0 Å². The second-order valence-corrected chi connectivity index (χ2v) is 10.9. The number of ether oxygens (including phenoxy) is 2. The van der Waals surface area contributed by atoms with Gasteiger partial charge in [0.25, 0.3) is 11.1 Å². The van der Waals surface area contributed by atoms with Crippen LogP contribution in [0.5, 0.6) is 11.5 Å². The highest BCUT2D eigenvalue weighted by Crippen LogP contribution is 2.39. The largest absolute Gasteiger partial charge is 0.490 e. The SMILES string of the molecule is CCOc1cc(/C=C2/SC(=O)N(CCCc3ccccc3)C2=O)c(Br)cc1OCc1ccc(Cl)cc1Cl. The number of nitrogens with zero attached hydrogens (tertiary/aromatic N) is 1. The molecule has 0 aromatic heterocycles. The van der Waals surface area contributed by atoms with Crippen LogP contribution in [0.1, 0.15) is 30.0 Å². The fourth-order valence-corrected chi connectivity index (χ4v) is 5.51. The van der Waals surface area contributed by atoms with E-state index in [0.29, 0.717) is 56.1 Å². The zero-order valence-electron chi connectivity index (χ0n) is 20.0. The summed E-state index contributed by atoms with van der Waals surface area (Å²) in [7, 11) is 0. The molecule has 0 N–H and O–H groups in total. The van der Waals surface area contributed by atoms with Crippen molar-refractivity contribution < 1.29 is 19.1 Å². The highest BCUT2D eigenvalue weighted by molar-refractivity contribution is 9.10. The molecule has 0 aliphatic carbocycles. The van der Waals surface area contributed by atoms with E-state index in [2.05, 4.69) is 15.9 Å². The molecule has 1 heterocycles. The smallest absolute Gasteiger partial charge is 0.293 e. The third-order valence-corrected chi connectivity index (χ3v) is 7.79. The number of thioether (sulfide) groups is 1. The second-order valence-electron chi connectivity index (χ2n) is 8.20. The maximum Gasteiger partial charge on any atom is 0.293 e. The summed E-state index contributed by atoms with van der Waals surface area (Å²) in [6, 6.07) is 18.8. The molecule has 2 amide bonds. The highest BCUT2D eigenvalue weighted by atomic mass is 79.9. The molecular formula is C28H24BrCl2NO4S. The molecule has 0 unspecified atom stereocenters. The summed E-state index contributed by atoms with van der Waals surface area (Å²) < 4.78 is 12.5. The van der Waals surface area contributed by atoms with Crippen molar-refractivity contribution >= 4 is 68.1 Å². The van der Waals surface area contributed by atoms with Gasteiger partial charge in [0.15, 0.2) is 11.5 Å². The summed E-state index contributed by atoms with van der Waals surface area (Å²) in [6.07, 6.45) is 3.21. The zero-order valence-corrected chi connectivity index (χ0v) is 23.9. The Morgan fingerprint density at radius 3 is 2.49 bits per heavy atom. The van der Waals surface area contributed by atoms with Gasteiger partial charge in [-0.1, -0.05) is 75.5 Å². The van der Waals surface area contributed by atoms with Crippen LogP contribution in [-0.2, 0) is 17.8 Å². The molecule has 1 aliphatic rings. The first-order valence-electron chi connectivity index (χ1n) is 11.7. The molecule has 3 aromatic carbocycles. The van der Waals surface area contributed by atoms with Crippen molar-refractivity contribution in [3.63, 3.8) is 0 Å². The van der Waals surface area contributed by atoms with E-state index in [-0.39, 0.29) is 17.8 Å². The van der Waals surface area contributed by atoms with Crippen LogP contribution < -0.4 is 9.47 Å². The molecule has 0 atom stereocenters. The molecule has 192 valence electrons. The average Bonchev–Trinajstić information content (AvgIpc) is 3.14. The van der Waals surface area contributed by atoms with Gasteiger partial charge < -0.3 is 9.47 Å². The van der Waals surface area contributed by atoms with E-state index in [0.717, 1.165) is 23.7 Å². The first kappa shape index (κ1) is 27.6. The normalized spacial score (nSPS) is 14.5. The highest BCUT2D eigenvalue weighted by Gasteiger charge is 2.34. The number of carbonyl (C=O) groups excluding carboxylic acids is 2. The molecule has 9 heteroatoms. The van der Waals surface area contributed by atoms with E-state index in [4.69, 9.17) is 32.7 Å². The predicted octanol–water partition coefficient (Wildman–Crippen LogP) is 8.40. The maximum absolute atomic E-state index is 13.0. The van der Waals surface area contributed by atoms with Crippen molar-refractivity contribution in [2.24, 2.45) is 0 Å². The summed E-state index contributed by atoms with van der Waals surface area (Å²) in [6.45, 7) is 2.91. The molecule has 4 rings (SSSR count). The quantitative estimate of drug-likeness (QED) is 0.213. The van der Waals surface area contributed by atoms with Gasteiger partial charge in [-0.15, -0.1) is 0 Å². The van der Waals surface area contributed by atoms with Gasteiger partial charge in [-0.3, -0.25) is 14.5 Å². The number of rotatable bonds is 10. The Bertz CT molecular complexity index is 1330. The van der Waals surface area contributed by atoms with E-state index in [1.54, 1.807) is 30.3 Å². The van der Waals surface area contributed by atoms with Crippen molar-refractivity contribution in [2.45, 2.75) is 26.4 Å². The number of aryl methyl sites for hydroxylation is 1. The molecule has 5 nitrogen and oxygen atoms in total. The van der Waals surface area contributed by atoms with Gasteiger partial charge in [-0.2, -0.15) is 0 Å². The summed E-state index contributed by atoms with van der Waals surface area (Å²) in [4.78, 5) is 27.2. The number of imide groups is 1. The molecule has 1 fully saturated rings. The average molecular weight is 621 g/mol. The Morgan fingerprint density at radius 2 is 1.76 bits per heavy atom. The van der Waals surface area contributed by atoms with Gasteiger partial charge in [-0.05, 0) is 73.0 Å². The van der Waals surface area contributed by atoms with Crippen molar-refractivity contribution in [2.75, 3.05) is 13.2 Å². The predicted molar refractivity (Wildman–Crippen MR) is 154 cm³/mol. The lowest BCUT2D eigenvalue weighted by molar-refractivity contribution is -0.122. The summed E-state index contributed by atoms with van der Waals surface area (Å²) in [5.41, 5.74) is 2.67.